The van der Waals surface area contributed by atoms with E-state index >= 15 is 0 Å². The molecule has 0 radical (unpaired) electrons. The number of halogens is 1. The molecule has 1 aliphatic heterocycles. The summed E-state index contributed by atoms with van der Waals surface area (Å²) in [5.41, 5.74) is 0. The minimum Gasteiger partial charge on any atom is -0.493 e. The van der Waals surface area contributed by atoms with Crippen LogP contribution in [0.1, 0.15) is 6.42 Å². The van der Waals surface area contributed by atoms with Gasteiger partial charge in [-0.1, -0.05) is 12.1 Å². The lowest BCUT2D eigenvalue weighted by atomic mass is 10.1. The van der Waals surface area contributed by atoms with Crippen LogP contribution in [0, 0.1) is 0 Å². The number of para-hydroxylation sites is 2. The van der Waals surface area contributed by atoms with Crippen molar-refractivity contribution in [1.82, 2.24) is 4.90 Å². The molecule has 0 saturated carbocycles. The Kier molecular flexibility index (Phi) is 8.35. The van der Waals surface area contributed by atoms with Crippen molar-refractivity contribution in [2.75, 3.05) is 40.5 Å². The Morgan fingerprint density at radius 3 is 2.62 bits per heavy atom. The van der Waals surface area contributed by atoms with Gasteiger partial charge in [0.25, 0.3) is 0 Å². The number of ether oxygens (including phenoxy) is 4. The lowest BCUT2D eigenvalue weighted by molar-refractivity contribution is -0.133. The first-order valence-corrected chi connectivity index (χ1v) is 7.39. The summed E-state index contributed by atoms with van der Waals surface area (Å²) >= 11 is 0. The number of piperidine rings is 1. The van der Waals surface area contributed by atoms with Crippen molar-refractivity contribution in [1.29, 1.82) is 0 Å². The number of methoxy groups -OCH3 is 2. The first-order valence-electron chi connectivity index (χ1n) is 7.39. The lowest BCUT2D eigenvalue weighted by Gasteiger charge is -2.30. The number of benzene rings is 1. The molecule has 0 amide bonds. The number of carbonyl (C=O) groups excluding carboxylic acids is 2. The van der Waals surface area contributed by atoms with Gasteiger partial charge in [-0.3, -0.25) is 9.69 Å². The predicted octanol–water partition coefficient (Wildman–Crippen LogP) is 1.92. The van der Waals surface area contributed by atoms with E-state index in [0.29, 0.717) is 44.2 Å². The molecule has 1 atom stereocenters. The number of nitrogens with zero attached hydrogens (tertiary/aromatic N) is 1. The average Bonchev–Trinajstić information content (AvgIpc) is 2.58. The number of hydrogen-bond acceptors (Lipinski definition) is 7. The van der Waals surface area contributed by atoms with E-state index in [-0.39, 0.29) is 18.2 Å². The second kappa shape index (κ2) is 10.00. The van der Waals surface area contributed by atoms with E-state index in [0.717, 1.165) is 0 Å². The highest BCUT2D eigenvalue weighted by Crippen LogP contribution is 2.25. The molecule has 1 aliphatic rings. The van der Waals surface area contributed by atoms with Crippen molar-refractivity contribution < 1.29 is 28.5 Å². The maximum absolute atomic E-state index is 11.8. The predicted molar refractivity (Wildman–Crippen MR) is 89.1 cm³/mol. The van der Waals surface area contributed by atoms with Gasteiger partial charge in [-0.05, 0) is 12.1 Å². The molecule has 0 aliphatic carbocycles. The Balaban J connectivity index is 0.00000288. The maximum atomic E-state index is 11.8. The number of carbonyl (C=O) groups is 2. The molecule has 1 unspecified atom stereocenters. The molecule has 1 aromatic rings. The molecule has 7 nitrogen and oxygen atoms in total. The van der Waals surface area contributed by atoms with Crippen LogP contribution in [0.4, 0.5) is 4.79 Å². The van der Waals surface area contributed by atoms with Crippen LogP contribution < -0.4 is 9.47 Å². The third kappa shape index (κ3) is 5.58. The molecule has 0 N–H and O–H groups in total. The second-order valence-electron chi connectivity index (χ2n) is 5.08. The zero-order valence-electron chi connectivity index (χ0n) is 13.7. The Hall–Kier alpha value is -1.99. The number of hydrogen-bond donors (Lipinski definition) is 0. The van der Waals surface area contributed by atoms with Crippen LogP contribution in [0.25, 0.3) is 0 Å². The van der Waals surface area contributed by atoms with Crippen molar-refractivity contribution in [2.24, 2.45) is 0 Å². The fourth-order valence-electron chi connectivity index (χ4n) is 2.35. The molecule has 1 fully saturated rings. The zero-order chi connectivity index (χ0) is 16.7. The monoisotopic (exact) mass is 359 g/mol. The van der Waals surface area contributed by atoms with E-state index in [9.17, 15) is 9.59 Å². The van der Waals surface area contributed by atoms with Gasteiger partial charge in [-0.15, -0.1) is 12.4 Å². The minimum atomic E-state index is -0.838. The van der Waals surface area contributed by atoms with Gasteiger partial charge < -0.3 is 18.9 Å². The fraction of sp³-hybridized carbons (Fsp3) is 0.500. The Morgan fingerprint density at radius 1 is 1.25 bits per heavy atom. The zero-order valence-corrected chi connectivity index (χ0v) is 14.5. The second-order valence-corrected chi connectivity index (χ2v) is 5.08. The smallest absolute Gasteiger partial charge is 0.493 e. The number of Topliss-reactive ketones (excluding diaryl/α,β-unsaturated/α-hetero) is 1. The molecule has 134 valence electrons. The molecule has 0 aromatic heterocycles. The van der Waals surface area contributed by atoms with Gasteiger partial charge in [0, 0.05) is 26.1 Å². The Bertz CT molecular complexity index is 553. The number of ketones is 1. The van der Waals surface area contributed by atoms with Crippen molar-refractivity contribution in [3.8, 4) is 11.5 Å². The summed E-state index contributed by atoms with van der Waals surface area (Å²) in [6.45, 7) is 2.03. The molecular weight excluding hydrogens is 338 g/mol. The highest BCUT2D eigenvalue weighted by molar-refractivity contribution is 5.86. The van der Waals surface area contributed by atoms with E-state index < -0.39 is 12.3 Å². The first kappa shape index (κ1) is 20.1. The van der Waals surface area contributed by atoms with Crippen LogP contribution >= 0.6 is 12.4 Å². The van der Waals surface area contributed by atoms with Gasteiger partial charge in [-0.25, -0.2) is 4.79 Å². The lowest BCUT2D eigenvalue weighted by Crippen LogP contribution is -2.47. The van der Waals surface area contributed by atoms with E-state index in [1.54, 1.807) is 7.11 Å². The van der Waals surface area contributed by atoms with Crippen molar-refractivity contribution in [3.63, 3.8) is 0 Å². The Labute approximate surface area is 147 Å². The summed E-state index contributed by atoms with van der Waals surface area (Å²) in [5, 5.41) is 0. The van der Waals surface area contributed by atoms with Gasteiger partial charge in [0.1, 0.15) is 6.61 Å². The van der Waals surface area contributed by atoms with Gasteiger partial charge in [0.2, 0.25) is 0 Å². The normalized spacial score (nSPS) is 17.6. The van der Waals surface area contributed by atoms with Gasteiger partial charge >= 0.3 is 6.16 Å². The number of likely N-dealkylation sites (tertiary alicyclic amines) is 1. The van der Waals surface area contributed by atoms with Crippen LogP contribution in [0.5, 0.6) is 11.5 Å². The third-order valence-corrected chi connectivity index (χ3v) is 3.60. The average molecular weight is 360 g/mol. The summed E-state index contributed by atoms with van der Waals surface area (Å²) in [4.78, 5) is 24.9. The summed E-state index contributed by atoms with van der Waals surface area (Å²) in [6, 6.07) is 7.41. The highest BCUT2D eigenvalue weighted by atomic mass is 35.5. The molecule has 1 aromatic carbocycles. The summed E-state index contributed by atoms with van der Waals surface area (Å²) < 4.78 is 20.3. The van der Waals surface area contributed by atoms with Gasteiger partial charge in [0.15, 0.2) is 23.4 Å². The first-order chi connectivity index (χ1) is 11.1. The SMILES string of the molecule is COC(=O)OC1CN(CCOc2ccccc2OC)CCC1=O.Cl. The van der Waals surface area contributed by atoms with Gasteiger partial charge in [-0.2, -0.15) is 0 Å². The topological polar surface area (TPSA) is 74.3 Å². The van der Waals surface area contributed by atoms with Gasteiger partial charge in [0.05, 0.1) is 14.2 Å². The van der Waals surface area contributed by atoms with Crippen LogP contribution in [-0.4, -0.2) is 63.4 Å². The molecule has 24 heavy (non-hydrogen) atoms. The van der Waals surface area contributed by atoms with Crippen LogP contribution in [-0.2, 0) is 14.3 Å². The quantitative estimate of drug-likeness (QED) is 0.718. The highest BCUT2D eigenvalue weighted by Gasteiger charge is 2.30. The van der Waals surface area contributed by atoms with Crippen molar-refractivity contribution >= 4 is 24.3 Å². The molecule has 2 rings (SSSR count). The molecule has 1 heterocycles. The summed E-state index contributed by atoms with van der Waals surface area (Å²) in [5.74, 6) is 1.26. The fourth-order valence-corrected chi connectivity index (χ4v) is 2.35. The van der Waals surface area contributed by atoms with E-state index in [2.05, 4.69) is 4.74 Å². The largest absolute Gasteiger partial charge is 0.508 e. The standard InChI is InChI=1S/C16H21NO6.ClH/c1-20-13-5-3-4-6-14(13)22-10-9-17-8-7-12(18)15(11-17)23-16(19)21-2;/h3-6,15H,7-11H2,1-2H3;1H. The molecule has 0 spiro atoms. The molecule has 0 bridgehead atoms. The van der Waals surface area contributed by atoms with Crippen LogP contribution in [0.15, 0.2) is 24.3 Å². The Morgan fingerprint density at radius 2 is 1.96 bits per heavy atom. The van der Waals surface area contributed by atoms with Crippen LogP contribution in [0.2, 0.25) is 0 Å². The third-order valence-electron chi connectivity index (χ3n) is 3.60. The van der Waals surface area contributed by atoms with Crippen molar-refractivity contribution in [3.05, 3.63) is 24.3 Å². The molecular formula is C16H22ClNO6. The minimum absolute atomic E-state index is 0. The van der Waals surface area contributed by atoms with E-state index in [1.807, 2.05) is 29.2 Å². The van der Waals surface area contributed by atoms with Crippen LogP contribution in [0.3, 0.4) is 0 Å². The number of rotatable bonds is 6. The maximum Gasteiger partial charge on any atom is 0.508 e. The van der Waals surface area contributed by atoms with E-state index in [4.69, 9.17) is 14.2 Å². The van der Waals surface area contributed by atoms with Crippen molar-refractivity contribution in [2.45, 2.75) is 12.5 Å². The van der Waals surface area contributed by atoms with E-state index in [1.165, 1.54) is 7.11 Å². The summed E-state index contributed by atoms with van der Waals surface area (Å²) in [6.07, 6.45) is -1.27. The summed E-state index contributed by atoms with van der Waals surface area (Å²) in [7, 11) is 2.81. The molecule has 8 heteroatoms. The molecule has 1 saturated heterocycles.